The van der Waals surface area contributed by atoms with Crippen LogP contribution >= 0.6 is 11.3 Å². The number of rotatable bonds is 6. The minimum Gasteiger partial charge on any atom is -0.373 e. The van der Waals surface area contributed by atoms with Gasteiger partial charge in [0, 0.05) is 38.8 Å². The molecule has 2 heterocycles. The highest BCUT2D eigenvalue weighted by molar-refractivity contribution is 7.07. The van der Waals surface area contributed by atoms with Gasteiger partial charge in [0.25, 0.3) is 0 Å². The fraction of sp³-hybridized carbons (Fsp3) is 0.737. The summed E-state index contributed by atoms with van der Waals surface area (Å²) in [6.45, 7) is 14.8. The molecule has 2 rings (SSSR count). The number of nitrogens with zero attached hydrogens (tertiary/aromatic N) is 2. The number of hydrogen-bond acceptors (Lipinski definition) is 4. The van der Waals surface area contributed by atoms with Gasteiger partial charge in [0.2, 0.25) is 0 Å². The van der Waals surface area contributed by atoms with Gasteiger partial charge in [-0.25, -0.2) is 0 Å². The van der Waals surface area contributed by atoms with Gasteiger partial charge in [0.15, 0.2) is 5.96 Å². The third-order valence-electron chi connectivity index (χ3n) is 4.88. The molecule has 1 saturated heterocycles. The Bertz CT molecular complexity index is 534. The SMILES string of the molecule is CN=C(NCC(C)c1ccsc1)NCC(C)(C)N1CC(C)OC(C)C1. The molecule has 3 unspecified atom stereocenters. The molecule has 3 atom stereocenters. The Balaban J connectivity index is 1.82. The number of guanidine groups is 1. The number of hydrogen-bond donors (Lipinski definition) is 2. The van der Waals surface area contributed by atoms with Gasteiger partial charge in [0.1, 0.15) is 0 Å². The summed E-state index contributed by atoms with van der Waals surface area (Å²) in [5.41, 5.74) is 1.42. The molecule has 1 aliphatic rings. The lowest BCUT2D eigenvalue weighted by molar-refractivity contribution is -0.0946. The van der Waals surface area contributed by atoms with Crippen molar-refractivity contribution in [1.82, 2.24) is 15.5 Å². The van der Waals surface area contributed by atoms with Crippen molar-refractivity contribution in [1.29, 1.82) is 0 Å². The van der Waals surface area contributed by atoms with Gasteiger partial charge < -0.3 is 15.4 Å². The number of nitrogens with one attached hydrogen (secondary N) is 2. The van der Waals surface area contributed by atoms with E-state index in [2.05, 4.69) is 72.0 Å². The van der Waals surface area contributed by atoms with E-state index in [4.69, 9.17) is 4.74 Å². The number of morpholine rings is 1. The van der Waals surface area contributed by atoms with Gasteiger partial charge in [-0.1, -0.05) is 6.92 Å². The van der Waals surface area contributed by atoms with Gasteiger partial charge in [-0.3, -0.25) is 9.89 Å². The molecule has 1 aliphatic heterocycles. The summed E-state index contributed by atoms with van der Waals surface area (Å²) in [6, 6.07) is 2.19. The maximum absolute atomic E-state index is 5.86. The molecule has 0 amide bonds. The van der Waals surface area contributed by atoms with E-state index in [-0.39, 0.29) is 17.7 Å². The summed E-state index contributed by atoms with van der Waals surface area (Å²) in [6.07, 6.45) is 0.568. The summed E-state index contributed by atoms with van der Waals surface area (Å²) >= 11 is 1.75. The summed E-state index contributed by atoms with van der Waals surface area (Å²) in [7, 11) is 1.83. The van der Waals surface area contributed by atoms with Crippen LogP contribution in [0.1, 0.15) is 46.1 Å². The van der Waals surface area contributed by atoms with Crippen LogP contribution in [0.15, 0.2) is 21.8 Å². The molecule has 142 valence electrons. The van der Waals surface area contributed by atoms with Gasteiger partial charge in [-0.2, -0.15) is 11.3 Å². The Kier molecular flexibility index (Phi) is 7.28. The van der Waals surface area contributed by atoms with Crippen molar-refractivity contribution in [3.8, 4) is 0 Å². The van der Waals surface area contributed by atoms with Crippen molar-refractivity contribution in [3.63, 3.8) is 0 Å². The van der Waals surface area contributed by atoms with Crippen LogP contribution in [0.2, 0.25) is 0 Å². The molecule has 5 nitrogen and oxygen atoms in total. The van der Waals surface area contributed by atoms with Crippen molar-refractivity contribution < 1.29 is 4.74 Å². The summed E-state index contributed by atoms with van der Waals surface area (Å²) < 4.78 is 5.86. The van der Waals surface area contributed by atoms with E-state index in [1.54, 1.807) is 11.3 Å². The third kappa shape index (κ3) is 5.97. The molecule has 25 heavy (non-hydrogen) atoms. The van der Waals surface area contributed by atoms with Crippen molar-refractivity contribution in [2.75, 3.05) is 33.2 Å². The average molecular weight is 367 g/mol. The molecule has 0 bridgehead atoms. The highest BCUT2D eigenvalue weighted by atomic mass is 32.1. The summed E-state index contributed by atoms with van der Waals surface area (Å²) in [5, 5.41) is 11.3. The average Bonchev–Trinajstić information content (AvgIpc) is 3.08. The van der Waals surface area contributed by atoms with Crippen molar-refractivity contribution in [2.45, 2.75) is 58.3 Å². The maximum Gasteiger partial charge on any atom is 0.191 e. The van der Waals surface area contributed by atoms with Crippen molar-refractivity contribution in [3.05, 3.63) is 22.4 Å². The van der Waals surface area contributed by atoms with E-state index in [1.165, 1.54) is 5.56 Å². The lowest BCUT2D eigenvalue weighted by atomic mass is 10.00. The fourth-order valence-corrected chi connectivity index (χ4v) is 4.01. The molecule has 6 heteroatoms. The van der Waals surface area contributed by atoms with E-state index in [0.717, 1.165) is 32.1 Å². The van der Waals surface area contributed by atoms with Gasteiger partial charge >= 0.3 is 0 Å². The quantitative estimate of drug-likeness (QED) is 0.600. The molecule has 1 fully saturated rings. The first-order chi connectivity index (χ1) is 11.8. The highest BCUT2D eigenvalue weighted by Gasteiger charge is 2.33. The zero-order valence-corrected chi connectivity index (χ0v) is 17.3. The lowest BCUT2D eigenvalue weighted by Gasteiger charge is -2.45. The Morgan fingerprint density at radius 2 is 2.04 bits per heavy atom. The third-order valence-corrected chi connectivity index (χ3v) is 5.58. The molecule has 0 radical (unpaired) electrons. The predicted octanol–water partition coefficient (Wildman–Crippen LogP) is 2.90. The van der Waals surface area contributed by atoms with Crippen LogP contribution in [0, 0.1) is 0 Å². The molecule has 2 N–H and O–H groups in total. The van der Waals surface area contributed by atoms with E-state index < -0.39 is 0 Å². The van der Waals surface area contributed by atoms with Crippen LogP contribution in [0.4, 0.5) is 0 Å². The standard InChI is InChI=1S/C19H34N4OS/c1-14(17-7-8-25-12-17)9-21-18(20-6)22-13-19(4,5)23-10-15(2)24-16(3)11-23/h7-8,12,14-16H,9-11,13H2,1-6H3,(H2,20,21,22). The van der Waals surface area contributed by atoms with Crippen LogP contribution < -0.4 is 10.6 Å². The maximum atomic E-state index is 5.86. The van der Waals surface area contributed by atoms with Crippen LogP contribution in [-0.4, -0.2) is 61.8 Å². The van der Waals surface area contributed by atoms with Crippen LogP contribution in [0.25, 0.3) is 0 Å². The molecule has 0 aliphatic carbocycles. The number of aliphatic imine (C=N–C) groups is 1. The van der Waals surface area contributed by atoms with E-state index in [9.17, 15) is 0 Å². The Morgan fingerprint density at radius 1 is 1.36 bits per heavy atom. The zero-order valence-electron chi connectivity index (χ0n) is 16.5. The summed E-state index contributed by atoms with van der Waals surface area (Å²) in [5.74, 6) is 1.34. The Hall–Kier alpha value is -1.11. The largest absolute Gasteiger partial charge is 0.373 e. The Labute approximate surface area is 156 Å². The molecular weight excluding hydrogens is 332 g/mol. The molecule has 0 spiro atoms. The zero-order chi connectivity index (χ0) is 18.4. The topological polar surface area (TPSA) is 48.9 Å². The van der Waals surface area contributed by atoms with E-state index in [0.29, 0.717) is 5.92 Å². The second kappa shape index (κ2) is 9.01. The molecule has 1 aromatic rings. The first-order valence-electron chi connectivity index (χ1n) is 9.19. The number of ether oxygens (including phenoxy) is 1. The molecular formula is C19H34N4OS. The van der Waals surface area contributed by atoms with E-state index in [1.807, 2.05) is 7.05 Å². The van der Waals surface area contributed by atoms with Gasteiger partial charge in [-0.15, -0.1) is 0 Å². The molecule has 1 aromatic heterocycles. The van der Waals surface area contributed by atoms with Gasteiger partial charge in [-0.05, 0) is 56.0 Å². The molecule has 0 aromatic carbocycles. The lowest BCUT2D eigenvalue weighted by Crippen LogP contribution is -2.59. The highest BCUT2D eigenvalue weighted by Crippen LogP contribution is 2.21. The minimum atomic E-state index is 0.0445. The minimum absolute atomic E-state index is 0.0445. The van der Waals surface area contributed by atoms with Crippen LogP contribution in [-0.2, 0) is 4.74 Å². The smallest absolute Gasteiger partial charge is 0.191 e. The van der Waals surface area contributed by atoms with Crippen molar-refractivity contribution in [2.24, 2.45) is 4.99 Å². The normalized spacial score (nSPS) is 24.2. The van der Waals surface area contributed by atoms with Crippen molar-refractivity contribution >= 4 is 17.3 Å². The molecule has 0 saturated carbocycles. The predicted molar refractivity (Wildman–Crippen MR) is 108 cm³/mol. The fourth-order valence-electron chi connectivity index (χ4n) is 3.23. The van der Waals surface area contributed by atoms with Crippen LogP contribution in [0.5, 0.6) is 0 Å². The first-order valence-corrected chi connectivity index (χ1v) is 10.1. The number of thiophene rings is 1. The summed E-state index contributed by atoms with van der Waals surface area (Å²) in [4.78, 5) is 6.89. The van der Waals surface area contributed by atoms with Gasteiger partial charge in [0.05, 0.1) is 12.2 Å². The van der Waals surface area contributed by atoms with E-state index >= 15 is 0 Å². The van der Waals surface area contributed by atoms with Crippen LogP contribution in [0.3, 0.4) is 0 Å². The second-order valence-corrected chi connectivity index (χ2v) is 8.52. The second-order valence-electron chi connectivity index (χ2n) is 7.74. The first kappa shape index (κ1) is 20.2. The Morgan fingerprint density at radius 3 is 2.60 bits per heavy atom. The monoisotopic (exact) mass is 366 g/mol.